The fourth-order valence-corrected chi connectivity index (χ4v) is 2.07. The van der Waals surface area contributed by atoms with E-state index in [1.54, 1.807) is 24.3 Å². The molecule has 0 atom stereocenters. The van der Waals surface area contributed by atoms with Crippen LogP contribution in [0.25, 0.3) is 0 Å². The Morgan fingerprint density at radius 3 is 2.63 bits per heavy atom. The molecule has 0 aliphatic heterocycles. The summed E-state index contributed by atoms with van der Waals surface area (Å²) >= 11 is 6.14. The number of hydrogen-bond donors (Lipinski definition) is 3. The largest absolute Gasteiger partial charge is 0.399 e. The predicted octanol–water partition coefficient (Wildman–Crippen LogP) is 3.07. The van der Waals surface area contributed by atoms with Gasteiger partial charge in [0.2, 0.25) is 0 Å². The first-order valence-corrected chi connectivity index (χ1v) is 6.08. The van der Waals surface area contributed by atoms with E-state index in [-0.39, 0.29) is 0 Å². The number of carbonyl (C=O) groups is 1. The molecule has 0 radical (unpaired) electrons. The molecular formula is C14H14ClN3O. The summed E-state index contributed by atoms with van der Waals surface area (Å²) in [4.78, 5) is 11.4. The van der Waals surface area contributed by atoms with Crippen molar-refractivity contribution in [3.63, 3.8) is 0 Å². The molecule has 0 unspecified atom stereocenters. The van der Waals surface area contributed by atoms with E-state index in [0.717, 1.165) is 11.3 Å². The van der Waals surface area contributed by atoms with Crippen LogP contribution in [-0.2, 0) is 0 Å². The van der Waals surface area contributed by atoms with Gasteiger partial charge in [0.15, 0.2) is 0 Å². The van der Waals surface area contributed by atoms with Gasteiger partial charge in [-0.15, -0.1) is 0 Å². The Kier molecular flexibility index (Phi) is 3.62. The van der Waals surface area contributed by atoms with Crippen LogP contribution in [0.5, 0.6) is 0 Å². The number of hydrogen-bond acceptors (Lipinski definition) is 3. The topological polar surface area (TPSA) is 81.1 Å². The van der Waals surface area contributed by atoms with Gasteiger partial charge in [0.1, 0.15) is 0 Å². The number of aryl methyl sites for hydroxylation is 1. The fraction of sp³-hybridized carbons (Fsp3) is 0.0714. The highest BCUT2D eigenvalue weighted by atomic mass is 35.5. The molecule has 0 spiro atoms. The van der Waals surface area contributed by atoms with Crippen LogP contribution in [0.2, 0.25) is 5.02 Å². The maximum absolute atomic E-state index is 11.4. The van der Waals surface area contributed by atoms with Gasteiger partial charge in [-0.3, -0.25) is 4.79 Å². The van der Waals surface area contributed by atoms with Crippen molar-refractivity contribution in [1.82, 2.24) is 0 Å². The molecule has 4 nitrogen and oxygen atoms in total. The standard InChI is InChI=1S/C14H14ClN3O/c1-8-3-2-4-11(15)13(8)18-12-7-9(16)5-6-10(12)14(17)19/h2-7,18H,16H2,1H3,(H2,17,19). The van der Waals surface area contributed by atoms with Gasteiger partial charge < -0.3 is 16.8 Å². The number of amides is 1. The molecule has 19 heavy (non-hydrogen) atoms. The number of halogens is 1. The Bertz CT molecular complexity index is 620. The number of rotatable bonds is 3. The number of para-hydroxylation sites is 1. The van der Waals surface area contributed by atoms with Crippen LogP contribution >= 0.6 is 11.6 Å². The van der Waals surface area contributed by atoms with Crippen molar-refractivity contribution in [2.45, 2.75) is 6.92 Å². The lowest BCUT2D eigenvalue weighted by molar-refractivity contribution is 0.100. The molecule has 5 heteroatoms. The maximum Gasteiger partial charge on any atom is 0.250 e. The molecule has 0 bridgehead atoms. The molecule has 5 N–H and O–H groups in total. The van der Waals surface area contributed by atoms with Gasteiger partial charge in [-0.2, -0.15) is 0 Å². The summed E-state index contributed by atoms with van der Waals surface area (Å²) in [7, 11) is 0. The van der Waals surface area contributed by atoms with Crippen molar-refractivity contribution in [2.24, 2.45) is 5.73 Å². The highest BCUT2D eigenvalue weighted by Gasteiger charge is 2.11. The minimum absolute atomic E-state index is 0.369. The van der Waals surface area contributed by atoms with Crippen LogP contribution in [-0.4, -0.2) is 5.91 Å². The number of nitrogens with one attached hydrogen (secondary N) is 1. The molecule has 0 saturated carbocycles. The molecule has 0 aliphatic carbocycles. The van der Waals surface area contributed by atoms with Crippen LogP contribution in [0.15, 0.2) is 36.4 Å². The monoisotopic (exact) mass is 275 g/mol. The quantitative estimate of drug-likeness (QED) is 0.753. The zero-order valence-electron chi connectivity index (χ0n) is 10.4. The molecule has 1 amide bonds. The normalized spacial score (nSPS) is 10.2. The maximum atomic E-state index is 11.4. The van der Waals surface area contributed by atoms with Gasteiger partial charge in [0.05, 0.1) is 22.0 Å². The van der Waals surface area contributed by atoms with E-state index in [1.165, 1.54) is 0 Å². The van der Waals surface area contributed by atoms with Crippen LogP contribution < -0.4 is 16.8 Å². The second-order valence-corrected chi connectivity index (χ2v) is 4.63. The summed E-state index contributed by atoms with van der Waals surface area (Å²) in [6.45, 7) is 1.92. The van der Waals surface area contributed by atoms with Crippen LogP contribution in [0.3, 0.4) is 0 Å². The molecule has 2 aromatic carbocycles. The van der Waals surface area contributed by atoms with Crippen molar-refractivity contribution in [3.8, 4) is 0 Å². The lowest BCUT2D eigenvalue weighted by atomic mass is 10.1. The summed E-state index contributed by atoms with van der Waals surface area (Å²) < 4.78 is 0. The number of anilines is 3. The average molecular weight is 276 g/mol. The van der Waals surface area contributed by atoms with Crippen LogP contribution in [0.1, 0.15) is 15.9 Å². The van der Waals surface area contributed by atoms with E-state index in [9.17, 15) is 4.79 Å². The summed E-state index contributed by atoms with van der Waals surface area (Å²) in [5.41, 5.74) is 14.2. The van der Waals surface area contributed by atoms with Crippen LogP contribution in [0.4, 0.5) is 17.1 Å². The summed E-state index contributed by atoms with van der Waals surface area (Å²) in [5.74, 6) is -0.521. The highest BCUT2D eigenvalue weighted by molar-refractivity contribution is 6.33. The smallest absolute Gasteiger partial charge is 0.250 e. The third-order valence-corrected chi connectivity index (χ3v) is 3.11. The number of nitrogen functional groups attached to an aromatic ring is 1. The molecular weight excluding hydrogens is 262 g/mol. The molecule has 2 aromatic rings. The summed E-state index contributed by atoms with van der Waals surface area (Å²) in [5, 5.41) is 3.69. The Balaban J connectivity index is 2.49. The number of carbonyl (C=O) groups excluding carboxylic acids is 1. The first-order valence-electron chi connectivity index (χ1n) is 5.70. The first kappa shape index (κ1) is 13.2. The Morgan fingerprint density at radius 1 is 1.26 bits per heavy atom. The van der Waals surface area contributed by atoms with Gasteiger partial charge >= 0.3 is 0 Å². The third-order valence-electron chi connectivity index (χ3n) is 2.79. The van der Waals surface area contributed by atoms with E-state index in [1.807, 2.05) is 19.1 Å². The van der Waals surface area contributed by atoms with Crippen LogP contribution in [0, 0.1) is 6.92 Å². The average Bonchev–Trinajstić information content (AvgIpc) is 2.33. The predicted molar refractivity (Wildman–Crippen MR) is 78.8 cm³/mol. The SMILES string of the molecule is Cc1cccc(Cl)c1Nc1cc(N)ccc1C(N)=O. The van der Waals surface area contributed by atoms with Gasteiger partial charge in [-0.05, 0) is 36.8 Å². The van der Waals surface area contributed by atoms with E-state index in [0.29, 0.717) is 22.0 Å². The van der Waals surface area contributed by atoms with Crippen molar-refractivity contribution in [2.75, 3.05) is 11.1 Å². The highest BCUT2D eigenvalue weighted by Crippen LogP contribution is 2.30. The van der Waals surface area contributed by atoms with Crippen molar-refractivity contribution >= 4 is 34.6 Å². The van der Waals surface area contributed by atoms with Crippen molar-refractivity contribution < 1.29 is 4.79 Å². The molecule has 0 aliphatic rings. The zero-order valence-corrected chi connectivity index (χ0v) is 11.2. The minimum Gasteiger partial charge on any atom is -0.399 e. The Morgan fingerprint density at radius 2 is 2.00 bits per heavy atom. The van der Waals surface area contributed by atoms with E-state index >= 15 is 0 Å². The van der Waals surface area contributed by atoms with E-state index < -0.39 is 5.91 Å². The summed E-state index contributed by atoms with van der Waals surface area (Å²) in [6.07, 6.45) is 0. The van der Waals surface area contributed by atoms with E-state index in [4.69, 9.17) is 23.1 Å². The fourth-order valence-electron chi connectivity index (χ4n) is 1.81. The number of nitrogens with two attached hydrogens (primary N) is 2. The van der Waals surface area contributed by atoms with Gasteiger partial charge in [-0.1, -0.05) is 23.7 Å². The van der Waals surface area contributed by atoms with Gasteiger partial charge in [-0.25, -0.2) is 0 Å². The van der Waals surface area contributed by atoms with Gasteiger partial charge in [0.25, 0.3) is 5.91 Å². The molecule has 98 valence electrons. The van der Waals surface area contributed by atoms with Crippen molar-refractivity contribution in [1.29, 1.82) is 0 Å². The van der Waals surface area contributed by atoms with E-state index in [2.05, 4.69) is 5.32 Å². The first-order chi connectivity index (χ1) is 8.99. The molecule has 0 aromatic heterocycles. The second kappa shape index (κ2) is 5.20. The Labute approximate surface area is 116 Å². The molecule has 0 fully saturated rings. The lowest BCUT2D eigenvalue weighted by Gasteiger charge is -2.14. The molecule has 2 rings (SSSR count). The minimum atomic E-state index is -0.521. The lowest BCUT2D eigenvalue weighted by Crippen LogP contribution is -2.13. The van der Waals surface area contributed by atoms with Crippen molar-refractivity contribution in [3.05, 3.63) is 52.5 Å². The van der Waals surface area contributed by atoms with Gasteiger partial charge in [0, 0.05) is 5.69 Å². The second-order valence-electron chi connectivity index (χ2n) is 4.23. The molecule has 0 saturated heterocycles. The molecule has 0 heterocycles. The number of primary amides is 1. The summed E-state index contributed by atoms with van der Waals surface area (Å²) in [6, 6.07) is 10.4. The number of benzene rings is 2. The Hall–Kier alpha value is -2.20. The zero-order chi connectivity index (χ0) is 14.0. The third kappa shape index (κ3) is 2.80.